The van der Waals surface area contributed by atoms with Crippen LogP contribution in [0.5, 0.6) is 0 Å². The molecule has 1 saturated heterocycles. The van der Waals surface area contributed by atoms with Gasteiger partial charge in [0.2, 0.25) is 5.91 Å². The molecule has 5 fully saturated rings. The van der Waals surface area contributed by atoms with Crippen LogP contribution in [0.2, 0.25) is 0 Å². The maximum atomic E-state index is 13.0. The van der Waals surface area contributed by atoms with Gasteiger partial charge in [0.15, 0.2) is 0 Å². The summed E-state index contributed by atoms with van der Waals surface area (Å²) in [6, 6.07) is 1.73. The van der Waals surface area contributed by atoms with E-state index in [-0.39, 0.29) is 18.1 Å². The fraction of sp³-hybridized carbons (Fsp3) is 0.864. The first-order chi connectivity index (χ1) is 14.9. The second-order valence-corrected chi connectivity index (χ2v) is 9.86. The second kappa shape index (κ2) is 8.93. The van der Waals surface area contributed by atoms with Crippen LogP contribution >= 0.6 is 0 Å². The number of hydrogen-bond acceptors (Lipinski definition) is 6. The lowest BCUT2D eigenvalue weighted by atomic mass is 9.50. The molecule has 5 rings (SSSR count). The van der Waals surface area contributed by atoms with Crippen LogP contribution < -0.4 is 5.73 Å². The summed E-state index contributed by atoms with van der Waals surface area (Å²) in [5.74, 6) is 0.580. The Kier molecular flexibility index (Phi) is 6.42. The number of nitriles is 1. The van der Waals surface area contributed by atoms with Gasteiger partial charge >= 0.3 is 6.09 Å². The van der Waals surface area contributed by atoms with Crippen molar-refractivity contribution in [3.63, 3.8) is 0 Å². The molecular formula is C22H34N4O5. The lowest BCUT2D eigenvalue weighted by Crippen LogP contribution is -2.68. The van der Waals surface area contributed by atoms with Crippen LogP contribution in [0, 0.1) is 23.2 Å². The molecule has 9 nitrogen and oxygen atoms in total. The molecule has 4 bridgehead atoms. The molecule has 0 spiro atoms. The van der Waals surface area contributed by atoms with E-state index in [0.717, 1.165) is 38.5 Å². The van der Waals surface area contributed by atoms with Crippen LogP contribution in [0.15, 0.2) is 0 Å². The van der Waals surface area contributed by atoms with E-state index in [2.05, 4.69) is 6.07 Å². The van der Waals surface area contributed by atoms with Gasteiger partial charge in [0, 0.05) is 13.1 Å². The van der Waals surface area contributed by atoms with Crippen LogP contribution in [-0.4, -0.2) is 83.5 Å². The number of amides is 2. The van der Waals surface area contributed by atoms with Crippen LogP contribution in [0.3, 0.4) is 0 Å². The summed E-state index contributed by atoms with van der Waals surface area (Å²) < 4.78 is 11.8. The van der Waals surface area contributed by atoms with Crippen molar-refractivity contribution in [2.75, 3.05) is 39.5 Å². The van der Waals surface area contributed by atoms with Gasteiger partial charge in [0.1, 0.15) is 12.6 Å². The summed E-state index contributed by atoms with van der Waals surface area (Å²) in [6.45, 7) is 2.28. The third kappa shape index (κ3) is 4.38. The highest BCUT2D eigenvalue weighted by atomic mass is 16.5. The first-order valence-corrected chi connectivity index (χ1v) is 11.5. The van der Waals surface area contributed by atoms with Gasteiger partial charge in [0.25, 0.3) is 0 Å². The molecule has 4 aliphatic carbocycles. The molecule has 0 aromatic heterocycles. The summed E-state index contributed by atoms with van der Waals surface area (Å²) in [7, 11) is 0. The topological polar surface area (TPSA) is 129 Å². The van der Waals surface area contributed by atoms with E-state index in [1.807, 2.05) is 0 Å². The first kappa shape index (κ1) is 22.3. The predicted molar refractivity (Wildman–Crippen MR) is 111 cm³/mol. The van der Waals surface area contributed by atoms with Gasteiger partial charge < -0.3 is 25.2 Å². The lowest BCUT2D eigenvalue weighted by Gasteiger charge is -2.63. The number of nitrogens with two attached hydrogens (primary N) is 1. The minimum absolute atomic E-state index is 0.178. The average molecular weight is 435 g/mol. The summed E-state index contributed by atoms with van der Waals surface area (Å²) in [5.41, 5.74) is 4.56. The third-order valence-electron chi connectivity index (χ3n) is 7.69. The van der Waals surface area contributed by atoms with Crippen molar-refractivity contribution in [3.8, 4) is 6.07 Å². The van der Waals surface area contributed by atoms with Gasteiger partial charge in [-0.25, -0.2) is 4.79 Å². The molecule has 0 aromatic rings. The van der Waals surface area contributed by atoms with Crippen LogP contribution in [0.4, 0.5) is 4.79 Å². The summed E-state index contributed by atoms with van der Waals surface area (Å²) in [6.07, 6.45) is 5.62. The Labute approximate surface area is 183 Å². The largest absolute Gasteiger partial charge is 0.465 e. The van der Waals surface area contributed by atoms with Crippen molar-refractivity contribution in [3.05, 3.63) is 0 Å². The number of hydrogen-bond donors (Lipinski definition) is 2. The highest BCUT2D eigenvalue weighted by molar-refractivity contribution is 5.83. The van der Waals surface area contributed by atoms with Gasteiger partial charge in [-0.3, -0.25) is 9.69 Å². The Balaban J connectivity index is 1.48. The van der Waals surface area contributed by atoms with Crippen molar-refractivity contribution < 1.29 is 24.2 Å². The Morgan fingerprint density at radius 1 is 1.19 bits per heavy atom. The van der Waals surface area contributed by atoms with Crippen molar-refractivity contribution in [2.24, 2.45) is 17.6 Å². The molecule has 5 atom stereocenters. The monoisotopic (exact) mass is 434 g/mol. The number of carbonyl (C=O) groups is 2. The number of likely N-dealkylation sites (tertiary alicyclic amines) is 1. The summed E-state index contributed by atoms with van der Waals surface area (Å²) >= 11 is 0. The van der Waals surface area contributed by atoms with E-state index in [4.69, 9.17) is 15.2 Å². The normalized spacial score (nSPS) is 35.9. The maximum absolute atomic E-state index is 13.0. The van der Waals surface area contributed by atoms with Crippen molar-refractivity contribution >= 4 is 12.0 Å². The number of rotatable bonds is 9. The minimum Gasteiger partial charge on any atom is -0.465 e. The van der Waals surface area contributed by atoms with E-state index >= 15 is 0 Å². The maximum Gasteiger partial charge on any atom is 0.408 e. The Morgan fingerprint density at radius 2 is 1.94 bits per heavy atom. The molecule has 4 saturated carbocycles. The summed E-state index contributed by atoms with van der Waals surface area (Å²) in [4.78, 5) is 28.3. The molecule has 0 aromatic carbocycles. The predicted octanol–water partition coefficient (Wildman–Crippen LogP) is 1.56. The highest BCUT2D eigenvalue weighted by Crippen LogP contribution is 2.60. The molecule has 3 N–H and O–H groups in total. The number of carbonyl (C=O) groups excluding carboxylic acids is 1. The Morgan fingerprint density at radius 3 is 2.58 bits per heavy atom. The van der Waals surface area contributed by atoms with E-state index in [9.17, 15) is 20.0 Å². The summed E-state index contributed by atoms with van der Waals surface area (Å²) in [5, 5.41) is 19.4. The number of carboxylic acid groups (broad SMARTS) is 1. The SMILES string of the molecule is N#C[C@@H]1CCCN1C(=O)CN(C(=O)O)C12CC3C[C@H](CC(OCCOCCN)(C3)C1)C2. The number of ether oxygens (including phenoxy) is 2. The molecule has 2 amide bonds. The van der Waals surface area contributed by atoms with Gasteiger partial charge in [-0.05, 0) is 63.2 Å². The molecule has 1 heterocycles. The minimum atomic E-state index is -1.05. The van der Waals surface area contributed by atoms with Gasteiger partial charge in [0.05, 0.1) is 37.0 Å². The van der Waals surface area contributed by atoms with Crippen LogP contribution in [-0.2, 0) is 14.3 Å². The third-order valence-corrected chi connectivity index (χ3v) is 7.69. The zero-order valence-corrected chi connectivity index (χ0v) is 18.1. The van der Waals surface area contributed by atoms with Gasteiger partial charge in [-0.1, -0.05) is 0 Å². The zero-order valence-electron chi connectivity index (χ0n) is 18.1. The van der Waals surface area contributed by atoms with Crippen molar-refractivity contribution in [2.45, 2.75) is 68.5 Å². The fourth-order valence-electron chi connectivity index (χ4n) is 6.98. The second-order valence-electron chi connectivity index (χ2n) is 9.86. The smallest absolute Gasteiger partial charge is 0.408 e. The fourth-order valence-corrected chi connectivity index (χ4v) is 6.98. The van der Waals surface area contributed by atoms with Crippen molar-refractivity contribution in [1.29, 1.82) is 5.26 Å². The highest BCUT2D eigenvalue weighted by Gasteiger charge is 2.61. The number of nitrogens with zero attached hydrogens (tertiary/aromatic N) is 3. The van der Waals surface area contributed by atoms with Crippen molar-refractivity contribution in [1.82, 2.24) is 9.80 Å². The molecule has 5 aliphatic rings. The van der Waals surface area contributed by atoms with Gasteiger partial charge in [-0.2, -0.15) is 5.26 Å². The molecule has 172 valence electrons. The van der Waals surface area contributed by atoms with Gasteiger partial charge in [-0.15, -0.1) is 0 Å². The van der Waals surface area contributed by atoms with Crippen LogP contribution in [0.25, 0.3) is 0 Å². The molecule has 9 heteroatoms. The van der Waals surface area contributed by atoms with E-state index in [1.165, 1.54) is 4.90 Å². The molecule has 1 aliphatic heterocycles. The Hall–Kier alpha value is -1.89. The molecule has 3 unspecified atom stereocenters. The van der Waals surface area contributed by atoms with E-state index < -0.39 is 17.7 Å². The quantitative estimate of drug-likeness (QED) is 0.527. The van der Waals surface area contributed by atoms with E-state index in [1.54, 1.807) is 4.90 Å². The average Bonchev–Trinajstić information content (AvgIpc) is 3.19. The standard InChI is InChI=1S/C22H34N4O5/c23-3-5-30-6-7-31-22-11-16-8-17(12-22)10-21(9-16,15-22)26(20(28)29)14-19(27)25-4-1-2-18(25)13-24/h16-18H,1-12,14-15,23H2,(H,28,29)/t16-,17?,18-,21?,22?/m0/s1. The van der Waals surface area contributed by atoms with Crippen LogP contribution in [0.1, 0.15) is 51.4 Å². The van der Waals surface area contributed by atoms with E-state index in [0.29, 0.717) is 57.6 Å². The first-order valence-electron chi connectivity index (χ1n) is 11.5. The Bertz CT molecular complexity index is 724. The zero-order chi connectivity index (χ0) is 22.1. The molecule has 0 radical (unpaired) electrons. The lowest BCUT2D eigenvalue weighted by molar-refractivity contribution is -0.200. The molecule has 31 heavy (non-hydrogen) atoms. The molecular weight excluding hydrogens is 400 g/mol.